The molecule has 0 unspecified atom stereocenters. The summed E-state index contributed by atoms with van der Waals surface area (Å²) in [6.07, 6.45) is 0.171. The van der Waals surface area contributed by atoms with Crippen molar-refractivity contribution in [2.75, 3.05) is 6.67 Å². The molecule has 0 radical (unpaired) electrons. The lowest BCUT2D eigenvalue weighted by Gasteiger charge is -2.23. The number of carboxylic acid groups (broad SMARTS) is 1. The van der Waals surface area contributed by atoms with Gasteiger partial charge in [0.2, 0.25) is 5.91 Å². The smallest absolute Gasteiger partial charge is 0.326 e. The molecule has 0 aliphatic heterocycles. The Labute approximate surface area is 111 Å². The number of amides is 1. The minimum atomic E-state index is -1.22. The van der Waals surface area contributed by atoms with Gasteiger partial charge in [0.15, 0.2) is 0 Å². The lowest BCUT2D eigenvalue weighted by atomic mass is 9.93. The molecule has 0 saturated heterocycles. The van der Waals surface area contributed by atoms with E-state index in [1.54, 1.807) is 24.3 Å². The molecule has 4 nitrogen and oxygen atoms in total. The van der Waals surface area contributed by atoms with Crippen molar-refractivity contribution in [3.05, 3.63) is 35.9 Å². The maximum absolute atomic E-state index is 12.7. The summed E-state index contributed by atoms with van der Waals surface area (Å²) in [5.41, 5.74) is -0.419. The summed E-state index contributed by atoms with van der Waals surface area (Å²) < 4.78 is 12.7. The standard InChI is InChI=1S/C14H18FNO3/c1-14(2,9-15)13(19)16-11(12(17)18)8-10-6-4-3-5-7-10/h3-7,11H,8-9H2,1-2H3,(H,16,19)(H,17,18)/t11-/m1/s1. The Bertz CT molecular complexity index is 445. The number of aliphatic carboxylic acids is 1. The van der Waals surface area contributed by atoms with Gasteiger partial charge in [-0.2, -0.15) is 0 Å². The van der Waals surface area contributed by atoms with Crippen molar-refractivity contribution in [1.82, 2.24) is 5.32 Å². The summed E-state index contributed by atoms with van der Waals surface area (Å²) in [5.74, 6) is -1.73. The SMILES string of the molecule is CC(C)(CF)C(=O)N[C@H](Cc1ccccc1)C(=O)O. The van der Waals surface area contributed by atoms with Gasteiger partial charge in [-0.25, -0.2) is 9.18 Å². The highest BCUT2D eigenvalue weighted by molar-refractivity contribution is 5.87. The summed E-state index contributed by atoms with van der Waals surface area (Å²) in [7, 11) is 0. The topological polar surface area (TPSA) is 66.4 Å². The van der Waals surface area contributed by atoms with Gasteiger partial charge in [-0.15, -0.1) is 0 Å². The van der Waals surface area contributed by atoms with E-state index < -0.39 is 30.0 Å². The van der Waals surface area contributed by atoms with Gasteiger partial charge in [0.05, 0.1) is 5.41 Å². The fraction of sp³-hybridized carbons (Fsp3) is 0.429. The predicted octanol–water partition coefficient (Wildman–Crippen LogP) is 1.79. The number of benzene rings is 1. The molecule has 0 spiro atoms. The van der Waals surface area contributed by atoms with Crippen LogP contribution in [0.15, 0.2) is 30.3 Å². The van der Waals surface area contributed by atoms with Crippen molar-refractivity contribution in [3.63, 3.8) is 0 Å². The van der Waals surface area contributed by atoms with Crippen LogP contribution in [0.3, 0.4) is 0 Å². The van der Waals surface area contributed by atoms with Crippen LogP contribution in [0.1, 0.15) is 19.4 Å². The third kappa shape index (κ3) is 4.35. The number of hydrogen-bond acceptors (Lipinski definition) is 2. The van der Waals surface area contributed by atoms with Crippen LogP contribution in [-0.4, -0.2) is 29.7 Å². The van der Waals surface area contributed by atoms with E-state index in [0.717, 1.165) is 5.56 Å². The number of alkyl halides is 1. The van der Waals surface area contributed by atoms with Crippen LogP contribution < -0.4 is 5.32 Å². The van der Waals surface area contributed by atoms with Crippen molar-refractivity contribution >= 4 is 11.9 Å². The average molecular weight is 267 g/mol. The molecule has 1 atom stereocenters. The first kappa shape index (κ1) is 15.1. The molecule has 1 amide bonds. The first-order valence-corrected chi connectivity index (χ1v) is 6.00. The Morgan fingerprint density at radius 1 is 1.32 bits per heavy atom. The molecule has 104 valence electrons. The Balaban J connectivity index is 2.75. The lowest BCUT2D eigenvalue weighted by molar-refractivity contribution is -0.143. The van der Waals surface area contributed by atoms with E-state index in [0.29, 0.717) is 0 Å². The second kappa shape index (κ2) is 6.31. The maximum Gasteiger partial charge on any atom is 0.326 e. The van der Waals surface area contributed by atoms with Crippen LogP contribution in [0.2, 0.25) is 0 Å². The Morgan fingerprint density at radius 2 is 1.89 bits per heavy atom. The van der Waals surface area contributed by atoms with Crippen LogP contribution in [0.4, 0.5) is 4.39 Å². The predicted molar refractivity (Wildman–Crippen MR) is 69.5 cm³/mol. The van der Waals surface area contributed by atoms with Gasteiger partial charge in [0, 0.05) is 6.42 Å². The van der Waals surface area contributed by atoms with E-state index in [1.807, 2.05) is 6.07 Å². The number of halogens is 1. The summed E-state index contributed by atoms with van der Waals surface area (Å²) in [5, 5.41) is 11.5. The highest BCUT2D eigenvalue weighted by Gasteiger charge is 2.31. The van der Waals surface area contributed by atoms with Crippen LogP contribution in [0.25, 0.3) is 0 Å². The Morgan fingerprint density at radius 3 is 2.37 bits per heavy atom. The third-order valence-electron chi connectivity index (χ3n) is 2.83. The average Bonchev–Trinajstić information content (AvgIpc) is 2.38. The molecule has 2 N–H and O–H groups in total. The molecule has 0 saturated carbocycles. The maximum atomic E-state index is 12.7. The van der Waals surface area contributed by atoms with Crippen molar-refractivity contribution < 1.29 is 19.1 Å². The van der Waals surface area contributed by atoms with E-state index in [9.17, 15) is 14.0 Å². The lowest BCUT2D eigenvalue weighted by Crippen LogP contribution is -2.48. The van der Waals surface area contributed by atoms with Crippen molar-refractivity contribution in [1.29, 1.82) is 0 Å². The molecule has 0 heterocycles. The van der Waals surface area contributed by atoms with E-state index in [-0.39, 0.29) is 6.42 Å². The molecule has 19 heavy (non-hydrogen) atoms. The zero-order chi connectivity index (χ0) is 14.5. The second-order valence-corrected chi connectivity index (χ2v) is 5.07. The largest absolute Gasteiger partial charge is 0.480 e. The number of carbonyl (C=O) groups excluding carboxylic acids is 1. The molecule has 0 fully saturated rings. The minimum Gasteiger partial charge on any atom is -0.480 e. The van der Waals surface area contributed by atoms with Gasteiger partial charge in [-0.1, -0.05) is 30.3 Å². The molecule has 1 aromatic rings. The molecule has 5 heteroatoms. The van der Waals surface area contributed by atoms with Gasteiger partial charge in [-0.3, -0.25) is 4.79 Å². The monoisotopic (exact) mass is 267 g/mol. The highest BCUT2D eigenvalue weighted by Crippen LogP contribution is 2.16. The summed E-state index contributed by atoms with van der Waals surface area (Å²) >= 11 is 0. The van der Waals surface area contributed by atoms with E-state index in [1.165, 1.54) is 13.8 Å². The number of hydrogen-bond donors (Lipinski definition) is 2. The van der Waals surface area contributed by atoms with Gasteiger partial charge in [-0.05, 0) is 19.4 Å². The van der Waals surface area contributed by atoms with Crippen molar-refractivity contribution in [2.24, 2.45) is 5.41 Å². The first-order chi connectivity index (χ1) is 8.86. The van der Waals surface area contributed by atoms with Gasteiger partial charge >= 0.3 is 5.97 Å². The summed E-state index contributed by atoms with van der Waals surface area (Å²) in [4.78, 5) is 22.9. The summed E-state index contributed by atoms with van der Waals surface area (Å²) in [6.45, 7) is 2.03. The highest BCUT2D eigenvalue weighted by atomic mass is 19.1. The normalized spacial score (nSPS) is 12.8. The number of nitrogens with one attached hydrogen (secondary N) is 1. The van der Waals surface area contributed by atoms with Gasteiger partial charge in [0.25, 0.3) is 0 Å². The van der Waals surface area contributed by atoms with Crippen molar-refractivity contribution in [3.8, 4) is 0 Å². The quantitative estimate of drug-likeness (QED) is 0.826. The molecule has 0 aromatic heterocycles. The number of carboxylic acids is 1. The Kier molecular flexibility index (Phi) is 5.03. The molecule has 1 rings (SSSR count). The van der Waals surface area contributed by atoms with E-state index in [4.69, 9.17) is 5.11 Å². The molecule has 0 aliphatic rings. The van der Waals surface area contributed by atoms with Crippen LogP contribution in [-0.2, 0) is 16.0 Å². The minimum absolute atomic E-state index is 0.171. The number of carbonyl (C=O) groups is 2. The van der Waals surface area contributed by atoms with Crippen LogP contribution in [0, 0.1) is 5.41 Å². The summed E-state index contributed by atoms with van der Waals surface area (Å²) in [6, 6.07) is 7.92. The molecule has 1 aromatic carbocycles. The van der Waals surface area contributed by atoms with E-state index >= 15 is 0 Å². The zero-order valence-corrected chi connectivity index (χ0v) is 11.0. The van der Waals surface area contributed by atoms with E-state index in [2.05, 4.69) is 5.32 Å². The third-order valence-corrected chi connectivity index (χ3v) is 2.83. The fourth-order valence-corrected chi connectivity index (χ4v) is 1.46. The van der Waals surface area contributed by atoms with Gasteiger partial charge < -0.3 is 10.4 Å². The van der Waals surface area contributed by atoms with Crippen molar-refractivity contribution in [2.45, 2.75) is 26.3 Å². The number of rotatable bonds is 6. The molecule has 0 aliphatic carbocycles. The second-order valence-electron chi connectivity index (χ2n) is 5.07. The van der Waals surface area contributed by atoms with Crippen LogP contribution >= 0.6 is 0 Å². The first-order valence-electron chi connectivity index (χ1n) is 6.00. The molecule has 0 bridgehead atoms. The molecular weight excluding hydrogens is 249 g/mol. The zero-order valence-electron chi connectivity index (χ0n) is 11.0. The fourth-order valence-electron chi connectivity index (χ4n) is 1.46. The molecular formula is C14H18FNO3. The Hall–Kier alpha value is -1.91. The van der Waals surface area contributed by atoms with Gasteiger partial charge in [0.1, 0.15) is 12.7 Å². The van der Waals surface area contributed by atoms with Crippen LogP contribution in [0.5, 0.6) is 0 Å².